The summed E-state index contributed by atoms with van der Waals surface area (Å²) in [4.78, 5) is 18.2. The highest BCUT2D eigenvalue weighted by Gasteiger charge is 2.44. The maximum absolute atomic E-state index is 16.5. The molecule has 1 saturated carbocycles. The van der Waals surface area contributed by atoms with Crippen LogP contribution in [0, 0.1) is 25.1 Å². The fourth-order valence-electron chi connectivity index (χ4n) is 5.95. The number of hydrogen-bond donors (Lipinski definition) is 2. The van der Waals surface area contributed by atoms with Gasteiger partial charge in [-0.15, -0.1) is 0 Å². The number of hydrogen-bond acceptors (Lipinski definition) is 8. The van der Waals surface area contributed by atoms with Crippen LogP contribution in [-0.2, 0) is 0 Å². The number of nitrogens with one attached hydrogen (secondary N) is 1. The third kappa shape index (κ3) is 4.80. The number of aromatic nitrogens is 5. The highest BCUT2D eigenvalue weighted by molar-refractivity contribution is 5.99. The van der Waals surface area contributed by atoms with Gasteiger partial charge in [-0.05, 0) is 77.7 Å². The Labute approximate surface area is 227 Å². The van der Waals surface area contributed by atoms with Crippen LogP contribution in [0.3, 0.4) is 0 Å². The van der Waals surface area contributed by atoms with E-state index in [-0.39, 0.29) is 22.6 Å². The molecular weight excluding hydrogens is 497 g/mol. The van der Waals surface area contributed by atoms with Crippen molar-refractivity contribution in [2.45, 2.75) is 52.1 Å². The molecule has 1 unspecified atom stereocenters. The number of aryl methyl sites for hydroxylation is 1. The van der Waals surface area contributed by atoms with Crippen molar-refractivity contribution in [3.05, 3.63) is 35.4 Å². The van der Waals surface area contributed by atoms with Crippen LogP contribution in [0.2, 0.25) is 0 Å². The van der Waals surface area contributed by atoms with Gasteiger partial charge in [0.1, 0.15) is 17.0 Å². The van der Waals surface area contributed by atoms with E-state index in [1.807, 2.05) is 31.7 Å². The molecule has 4 heterocycles. The summed E-state index contributed by atoms with van der Waals surface area (Å²) in [6.07, 6.45) is 7.02. The molecule has 9 nitrogen and oxygen atoms in total. The summed E-state index contributed by atoms with van der Waals surface area (Å²) < 4.78 is 22.7. The summed E-state index contributed by atoms with van der Waals surface area (Å²) in [5.74, 6) is 0.0233. The molecule has 10 heteroatoms. The predicted octanol–water partition coefficient (Wildman–Crippen LogP) is 4.40. The Morgan fingerprint density at radius 1 is 1.15 bits per heavy atom. The number of anilines is 1. The van der Waals surface area contributed by atoms with Crippen LogP contribution in [0.15, 0.2) is 18.5 Å². The van der Waals surface area contributed by atoms with Gasteiger partial charge in [0.25, 0.3) is 0 Å². The summed E-state index contributed by atoms with van der Waals surface area (Å²) in [5.41, 5.74) is 3.08. The van der Waals surface area contributed by atoms with Gasteiger partial charge in [0.2, 0.25) is 0 Å². The van der Waals surface area contributed by atoms with E-state index >= 15 is 4.39 Å². The number of aliphatic hydroxyl groups is 1. The molecule has 206 valence electrons. The smallest absolute Gasteiger partial charge is 0.319 e. The molecule has 1 aliphatic heterocycles. The van der Waals surface area contributed by atoms with E-state index in [0.29, 0.717) is 42.9 Å². The fourth-order valence-corrected chi connectivity index (χ4v) is 5.95. The minimum Gasteiger partial charge on any atom is -0.463 e. The van der Waals surface area contributed by atoms with Crippen LogP contribution in [0.4, 0.5) is 10.2 Å². The number of ether oxygens (including phenoxy) is 1. The molecule has 0 spiro atoms. The number of benzene rings is 1. The van der Waals surface area contributed by atoms with E-state index in [2.05, 4.69) is 39.2 Å². The lowest BCUT2D eigenvalue weighted by molar-refractivity contribution is 0.0447. The van der Waals surface area contributed by atoms with E-state index < -0.39 is 11.4 Å². The highest BCUT2D eigenvalue weighted by atomic mass is 19.1. The number of aromatic amines is 1. The molecular formula is C29H36FN7O2. The van der Waals surface area contributed by atoms with Crippen LogP contribution in [-0.4, -0.2) is 81.1 Å². The van der Waals surface area contributed by atoms with Gasteiger partial charge in [0.05, 0.1) is 29.3 Å². The third-order valence-electron chi connectivity index (χ3n) is 8.24. The summed E-state index contributed by atoms with van der Waals surface area (Å²) in [5, 5.41) is 19.3. The Kier molecular flexibility index (Phi) is 6.22. The number of H-pyrrole nitrogens is 1. The van der Waals surface area contributed by atoms with E-state index in [4.69, 9.17) is 9.72 Å². The number of β-amino-alcohol motifs (C(OH)–C–C–N with tert-alkyl or cyclic N) is 1. The maximum Gasteiger partial charge on any atom is 0.319 e. The van der Waals surface area contributed by atoms with Crippen molar-refractivity contribution < 1.29 is 14.2 Å². The fraction of sp³-hybridized carbons (Fsp3) is 0.517. The molecule has 1 aliphatic carbocycles. The number of rotatable bonds is 7. The minimum absolute atomic E-state index is 0.0737. The zero-order valence-corrected chi connectivity index (χ0v) is 23.3. The van der Waals surface area contributed by atoms with Crippen molar-refractivity contribution in [1.29, 1.82) is 0 Å². The minimum atomic E-state index is -0.863. The molecule has 0 amide bonds. The summed E-state index contributed by atoms with van der Waals surface area (Å²) >= 11 is 0. The number of piperidine rings is 1. The van der Waals surface area contributed by atoms with Gasteiger partial charge in [-0.25, -0.2) is 4.39 Å². The largest absolute Gasteiger partial charge is 0.463 e. The van der Waals surface area contributed by atoms with E-state index in [1.165, 1.54) is 0 Å². The normalized spacial score (nSPS) is 20.8. The van der Waals surface area contributed by atoms with Gasteiger partial charge < -0.3 is 19.6 Å². The molecule has 1 aromatic carbocycles. The van der Waals surface area contributed by atoms with E-state index in [9.17, 15) is 5.11 Å². The van der Waals surface area contributed by atoms with Crippen molar-refractivity contribution in [2.75, 3.05) is 45.2 Å². The van der Waals surface area contributed by atoms with Gasteiger partial charge in [-0.1, -0.05) is 0 Å². The quantitative estimate of drug-likeness (QED) is 0.361. The Bertz CT molecular complexity index is 1560. The highest BCUT2D eigenvalue weighted by Crippen LogP contribution is 2.46. The molecule has 1 atom stereocenters. The molecule has 0 bridgehead atoms. The van der Waals surface area contributed by atoms with E-state index in [0.717, 1.165) is 47.8 Å². The Hall–Kier alpha value is -3.37. The zero-order valence-electron chi connectivity index (χ0n) is 23.3. The summed E-state index contributed by atoms with van der Waals surface area (Å²) in [6, 6.07) is 2.16. The van der Waals surface area contributed by atoms with Crippen LogP contribution in [0.5, 0.6) is 6.01 Å². The van der Waals surface area contributed by atoms with Crippen molar-refractivity contribution >= 4 is 27.6 Å². The van der Waals surface area contributed by atoms with Crippen molar-refractivity contribution in [3.8, 4) is 17.3 Å². The average Bonchev–Trinajstić information content (AvgIpc) is 3.48. The van der Waals surface area contributed by atoms with Crippen molar-refractivity contribution in [2.24, 2.45) is 5.41 Å². The standard InChI is InChI=1S/C29H36FN7O2/c1-17-11-21-19(13-32-35-21)22(18(17)2)25-23(30)24-20(12-31-25)26(37-10-6-7-28(3,38)14-37)34-27(33-24)39-16-29(8-9-29)15-36(4)5/h11-13,38H,6-10,14-16H2,1-5H3,(H,32,35). The monoisotopic (exact) mass is 533 g/mol. The van der Waals surface area contributed by atoms with Crippen LogP contribution < -0.4 is 9.64 Å². The second-order valence-electron chi connectivity index (χ2n) is 12.1. The third-order valence-corrected chi connectivity index (χ3v) is 8.24. The van der Waals surface area contributed by atoms with Gasteiger partial charge in [-0.2, -0.15) is 15.1 Å². The number of fused-ring (bicyclic) bond motifs is 2. The van der Waals surface area contributed by atoms with Crippen LogP contribution in [0.25, 0.3) is 33.1 Å². The van der Waals surface area contributed by atoms with Crippen molar-refractivity contribution in [1.82, 2.24) is 30.0 Å². The first kappa shape index (κ1) is 25.9. The summed E-state index contributed by atoms with van der Waals surface area (Å²) in [6.45, 7) is 8.26. The lowest BCUT2D eigenvalue weighted by atomic mass is 9.94. The lowest BCUT2D eigenvalue weighted by Gasteiger charge is -2.37. The Morgan fingerprint density at radius 3 is 2.67 bits per heavy atom. The second-order valence-corrected chi connectivity index (χ2v) is 12.1. The molecule has 2 N–H and O–H groups in total. The summed E-state index contributed by atoms with van der Waals surface area (Å²) in [7, 11) is 4.11. The number of halogens is 1. The SMILES string of the molecule is Cc1cc2[nH]ncc2c(-c2ncc3c(N4CCCC(C)(O)C4)nc(OCC4(CN(C)C)CC4)nc3c2F)c1C. The first-order valence-corrected chi connectivity index (χ1v) is 13.6. The second kappa shape index (κ2) is 9.38. The lowest BCUT2D eigenvalue weighted by Crippen LogP contribution is -2.46. The maximum atomic E-state index is 16.5. The molecule has 39 heavy (non-hydrogen) atoms. The predicted molar refractivity (Wildman–Crippen MR) is 150 cm³/mol. The average molecular weight is 534 g/mol. The van der Waals surface area contributed by atoms with Gasteiger partial charge in [0, 0.05) is 42.2 Å². The molecule has 0 radical (unpaired) electrons. The molecule has 2 aliphatic rings. The molecule has 2 fully saturated rings. The van der Waals surface area contributed by atoms with Gasteiger partial charge in [0.15, 0.2) is 5.82 Å². The van der Waals surface area contributed by atoms with Crippen LogP contribution >= 0.6 is 0 Å². The Morgan fingerprint density at radius 2 is 1.95 bits per heavy atom. The first-order chi connectivity index (χ1) is 18.6. The number of nitrogens with zero attached hydrogens (tertiary/aromatic N) is 6. The number of pyridine rings is 1. The van der Waals surface area contributed by atoms with Crippen LogP contribution in [0.1, 0.15) is 43.7 Å². The van der Waals surface area contributed by atoms with Gasteiger partial charge in [-0.3, -0.25) is 10.1 Å². The molecule has 1 saturated heterocycles. The first-order valence-electron chi connectivity index (χ1n) is 13.6. The van der Waals surface area contributed by atoms with E-state index in [1.54, 1.807) is 12.4 Å². The van der Waals surface area contributed by atoms with Gasteiger partial charge >= 0.3 is 6.01 Å². The Balaban J connectivity index is 1.49. The van der Waals surface area contributed by atoms with Crippen molar-refractivity contribution in [3.63, 3.8) is 0 Å². The molecule has 6 rings (SSSR count). The molecule has 3 aromatic heterocycles. The topological polar surface area (TPSA) is 103 Å². The zero-order chi connectivity index (χ0) is 27.5. The molecule has 4 aromatic rings.